The van der Waals surface area contributed by atoms with Crippen LogP contribution in [0.15, 0.2) is 0 Å². The smallest absolute Gasteiger partial charge is 0.138 e. The van der Waals surface area contributed by atoms with Gasteiger partial charge in [-0.1, -0.05) is 20.3 Å². The maximum Gasteiger partial charge on any atom is 0.138 e. The van der Waals surface area contributed by atoms with E-state index >= 15 is 0 Å². The van der Waals surface area contributed by atoms with Crippen LogP contribution in [0.4, 0.5) is 0 Å². The minimum Gasteiger partial charge on any atom is -0.389 e. The van der Waals surface area contributed by atoms with Gasteiger partial charge in [0.25, 0.3) is 0 Å². The number of hydrogen-bond donors (Lipinski definition) is 1. The first kappa shape index (κ1) is 15.6. The van der Waals surface area contributed by atoms with Crippen molar-refractivity contribution >= 4 is 5.78 Å². The molecule has 2 atom stereocenters. The molecular formula is C14H27NO3. The Morgan fingerprint density at radius 2 is 2.28 bits per heavy atom. The number of aliphatic hydroxyl groups is 1. The van der Waals surface area contributed by atoms with Crippen molar-refractivity contribution < 1.29 is 14.6 Å². The van der Waals surface area contributed by atoms with Crippen molar-refractivity contribution in [2.75, 3.05) is 32.8 Å². The van der Waals surface area contributed by atoms with Crippen molar-refractivity contribution in [2.24, 2.45) is 5.92 Å². The van der Waals surface area contributed by atoms with E-state index in [1.54, 1.807) is 0 Å². The number of unbranched alkanes of at least 4 members (excludes halogenated alkanes) is 1. The van der Waals surface area contributed by atoms with Crippen LogP contribution in [0.2, 0.25) is 0 Å². The summed E-state index contributed by atoms with van der Waals surface area (Å²) in [5, 5.41) is 9.87. The lowest BCUT2D eigenvalue weighted by atomic mass is 9.94. The summed E-state index contributed by atoms with van der Waals surface area (Å²) in [6.07, 6.45) is 3.25. The van der Waals surface area contributed by atoms with E-state index in [0.717, 1.165) is 39.0 Å². The Kier molecular flexibility index (Phi) is 7.47. The van der Waals surface area contributed by atoms with Crippen molar-refractivity contribution in [3.8, 4) is 0 Å². The lowest BCUT2D eigenvalue weighted by molar-refractivity contribution is -0.126. The van der Waals surface area contributed by atoms with Crippen LogP contribution in [0.1, 0.15) is 39.5 Å². The monoisotopic (exact) mass is 257 g/mol. The Morgan fingerprint density at radius 3 is 2.94 bits per heavy atom. The van der Waals surface area contributed by atoms with Crippen molar-refractivity contribution in [1.29, 1.82) is 0 Å². The summed E-state index contributed by atoms with van der Waals surface area (Å²) in [6.45, 7) is 7.50. The molecule has 0 aliphatic carbocycles. The Bertz CT molecular complexity index is 245. The summed E-state index contributed by atoms with van der Waals surface area (Å²) in [4.78, 5) is 13.8. The van der Waals surface area contributed by atoms with Gasteiger partial charge in [0.05, 0.1) is 12.7 Å². The number of nitrogens with zero attached hydrogens (tertiary/aromatic N) is 1. The van der Waals surface area contributed by atoms with Gasteiger partial charge in [-0.05, 0) is 12.8 Å². The van der Waals surface area contributed by atoms with Gasteiger partial charge in [0, 0.05) is 38.6 Å². The normalized spacial score (nSPS) is 23.3. The summed E-state index contributed by atoms with van der Waals surface area (Å²) in [7, 11) is 0. The number of ketones is 1. The molecule has 1 rings (SSSR count). The summed E-state index contributed by atoms with van der Waals surface area (Å²) < 4.78 is 5.41. The fraction of sp³-hybridized carbons (Fsp3) is 0.929. The molecule has 0 amide bonds. The summed E-state index contributed by atoms with van der Waals surface area (Å²) in [5.74, 6) is 0.536. The zero-order valence-corrected chi connectivity index (χ0v) is 11.7. The zero-order chi connectivity index (χ0) is 13.4. The third-order valence-corrected chi connectivity index (χ3v) is 3.52. The maximum atomic E-state index is 11.6. The van der Waals surface area contributed by atoms with Gasteiger partial charge in [0.1, 0.15) is 5.78 Å². The molecule has 1 aliphatic heterocycles. The largest absolute Gasteiger partial charge is 0.389 e. The SMILES string of the molecule is CCCCOCC(O)CN1CCC(=O)C(CC)C1. The van der Waals surface area contributed by atoms with Crippen LogP contribution in [-0.4, -0.2) is 54.7 Å². The molecule has 0 radical (unpaired) electrons. The molecule has 0 bridgehead atoms. The highest BCUT2D eigenvalue weighted by molar-refractivity contribution is 5.82. The predicted octanol–water partition coefficient (Wildman–Crippen LogP) is 1.46. The molecule has 1 N–H and O–H groups in total. The first-order valence-corrected chi connectivity index (χ1v) is 7.18. The van der Waals surface area contributed by atoms with Gasteiger partial charge in [-0.2, -0.15) is 0 Å². The van der Waals surface area contributed by atoms with E-state index in [4.69, 9.17) is 4.74 Å². The second kappa shape index (κ2) is 8.62. The van der Waals surface area contributed by atoms with Gasteiger partial charge < -0.3 is 9.84 Å². The van der Waals surface area contributed by atoms with Gasteiger partial charge in [-0.15, -0.1) is 0 Å². The third-order valence-electron chi connectivity index (χ3n) is 3.52. The lowest BCUT2D eigenvalue weighted by Crippen LogP contribution is -2.44. The molecule has 106 valence electrons. The van der Waals surface area contributed by atoms with E-state index in [1.807, 2.05) is 0 Å². The number of piperidine rings is 1. The molecule has 4 nitrogen and oxygen atoms in total. The van der Waals surface area contributed by atoms with E-state index in [9.17, 15) is 9.90 Å². The topological polar surface area (TPSA) is 49.8 Å². The molecule has 1 saturated heterocycles. The van der Waals surface area contributed by atoms with Crippen molar-refractivity contribution in [1.82, 2.24) is 4.90 Å². The molecule has 0 aromatic rings. The minimum absolute atomic E-state index is 0.159. The fourth-order valence-electron chi connectivity index (χ4n) is 2.32. The van der Waals surface area contributed by atoms with Crippen LogP contribution in [0.5, 0.6) is 0 Å². The number of carbonyl (C=O) groups is 1. The Morgan fingerprint density at radius 1 is 1.50 bits per heavy atom. The summed E-state index contributed by atoms with van der Waals surface area (Å²) in [6, 6.07) is 0. The van der Waals surface area contributed by atoms with Crippen LogP contribution >= 0.6 is 0 Å². The second-order valence-corrected chi connectivity index (χ2v) is 5.16. The van der Waals surface area contributed by atoms with Crippen LogP contribution in [0, 0.1) is 5.92 Å². The number of hydrogen-bond acceptors (Lipinski definition) is 4. The van der Waals surface area contributed by atoms with E-state index in [-0.39, 0.29) is 5.92 Å². The standard InChI is InChI=1S/C14H27NO3/c1-3-5-8-18-11-13(16)10-15-7-6-14(17)12(4-2)9-15/h12-13,16H,3-11H2,1-2H3. The molecule has 0 aromatic carbocycles. The van der Waals surface area contributed by atoms with Gasteiger partial charge in [-0.3, -0.25) is 9.69 Å². The lowest BCUT2D eigenvalue weighted by Gasteiger charge is -2.32. The average Bonchev–Trinajstić information content (AvgIpc) is 2.37. The summed E-state index contributed by atoms with van der Waals surface area (Å²) in [5.41, 5.74) is 0. The van der Waals surface area contributed by atoms with Crippen LogP contribution in [0.3, 0.4) is 0 Å². The number of ether oxygens (including phenoxy) is 1. The molecule has 2 unspecified atom stereocenters. The van der Waals surface area contributed by atoms with E-state index in [1.165, 1.54) is 0 Å². The fourth-order valence-corrected chi connectivity index (χ4v) is 2.32. The van der Waals surface area contributed by atoms with Gasteiger partial charge in [0.2, 0.25) is 0 Å². The van der Waals surface area contributed by atoms with Crippen molar-refractivity contribution in [3.05, 3.63) is 0 Å². The highest BCUT2D eigenvalue weighted by Crippen LogP contribution is 2.16. The first-order chi connectivity index (χ1) is 8.67. The average molecular weight is 257 g/mol. The molecule has 1 fully saturated rings. The Labute approximate surface area is 110 Å². The molecule has 4 heteroatoms. The number of rotatable bonds is 8. The van der Waals surface area contributed by atoms with E-state index < -0.39 is 6.10 Å². The molecule has 0 spiro atoms. The Balaban J connectivity index is 2.19. The van der Waals surface area contributed by atoms with E-state index in [0.29, 0.717) is 25.4 Å². The van der Waals surface area contributed by atoms with Crippen LogP contribution in [0.25, 0.3) is 0 Å². The summed E-state index contributed by atoms with van der Waals surface area (Å²) >= 11 is 0. The first-order valence-electron chi connectivity index (χ1n) is 7.18. The highest BCUT2D eigenvalue weighted by atomic mass is 16.5. The number of β-amino-alcohol motifs (C(OH)–C–C–N with tert-alkyl or cyclic N) is 1. The van der Waals surface area contributed by atoms with Crippen molar-refractivity contribution in [2.45, 2.75) is 45.6 Å². The molecular weight excluding hydrogens is 230 g/mol. The van der Waals surface area contributed by atoms with Gasteiger partial charge >= 0.3 is 0 Å². The molecule has 0 aromatic heterocycles. The number of likely N-dealkylation sites (tertiary alicyclic amines) is 1. The predicted molar refractivity (Wildman–Crippen MR) is 71.6 cm³/mol. The molecule has 1 heterocycles. The third kappa shape index (κ3) is 5.46. The molecule has 1 aliphatic rings. The molecule has 18 heavy (non-hydrogen) atoms. The molecule has 0 saturated carbocycles. The van der Waals surface area contributed by atoms with Crippen molar-refractivity contribution in [3.63, 3.8) is 0 Å². The quantitative estimate of drug-likeness (QED) is 0.669. The Hall–Kier alpha value is -0.450. The maximum absolute atomic E-state index is 11.6. The van der Waals surface area contributed by atoms with Crippen LogP contribution in [-0.2, 0) is 9.53 Å². The van der Waals surface area contributed by atoms with Crippen LogP contribution < -0.4 is 0 Å². The van der Waals surface area contributed by atoms with Gasteiger partial charge in [0.15, 0.2) is 0 Å². The highest BCUT2D eigenvalue weighted by Gasteiger charge is 2.26. The van der Waals surface area contributed by atoms with Gasteiger partial charge in [-0.25, -0.2) is 0 Å². The minimum atomic E-state index is -0.437. The number of Topliss-reactive ketones (excluding diaryl/α,β-unsaturated/α-hetero) is 1. The number of aliphatic hydroxyl groups excluding tert-OH is 1. The van der Waals surface area contributed by atoms with E-state index in [2.05, 4.69) is 18.7 Å². The zero-order valence-electron chi connectivity index (χ0n) is 11.7. The number of carbonyl (C=O) groups excluding carboxylic acids is 1. The second-order valence-electron chi connectivity index (χ2n) is 5.16.